The summed E-state index contributed by atoms with van der Waals surface area (Å²) in [7, 11) is 0. The smallest absolute Gasteiger partial charge is 0.240 e. The number of carbonyl (C=O) groups is 2. The van der Waals surface area contributed by atoms with Crippen molar-refractivity contribution < 1.29 is 9.59 Å². The molecule has 1 aliphatic heterocycles. The van der Waals surface area contributed by atoms with Gasteiger partial charge < -0.3 is 10.2 Å². The predicted molar refractivity (Wildman–Crippen MR) is 77.1 cm³/mol. The molecule has 0 saturated carbocycles. The van der Waals surface area contributed by atoms with Crippen LogP contribution in [-0.2, 0) is 9.59 Å². The molecular formula is C14H25ClN2O2. The zero-order valence-electron chi connectivity index (χ0n) is 12.1. The summed E-state index contributed by atoms with van der Waals surface area (Å²) in [5, 5.41) is 2.52. The van der Waals surface area contributed by atoms with Gasteiger partial charge in [-0.05, 0) is 33.1 Å². The van der Waals surface area contributed by atoms with Crippen molar-refractivity contribution in [2.75, 3.05) is 13.1 Å². The molecule has 0 spiro atoms. The van der Waals surface area contributed by atoms with Crippen LogP contribution in [0, 0.1) is 5.92 Å². The molecule has 0 aromatic heterocycles. The lowest BCUT2D eigenvalue weighted by molar-refractivity contribution is -0.135. The van der Waals surface area contributed by atoms with Gasteiger partial charge in [-0.15, -0.1) is 11.6 Å². The van der Waals surface area contributed by atoms with Crippen LogP contribution < -0.4 is 5.32 Å². The Morgan fingerprint density at radius 3 is 2.68 bits per heavy atom. The summed E-state index contributed by atoms with van der Waals surface area (Å²) in [5.74, 6) is -0.0890. The number of nitrogens with zero attached hydrogens (tertiary/aromatic N) is 1. The van der Waals surface area contributed by atoms with Gasteiger partial charge in [0.25, 0.3) is 0 Å². The predicted octanol–water partition coefficient (Wildman–Crippen LogP) is 2.16. The molecule has 2 amide bonds. The highest BCUT2D eigenvalue weighted by Crippen LogP contribution is 2.18. The lowest BCUT2D eigenvalue weighted by Crippen LogP contribution is -2.48. The first-order valence-electron chi connectivity index (χ1n) is 7.19. The number of amides is 2. The number of likely N-dealkylation sites (tertiary alicyclic amines) is 1. The Labute approximate surface area is 120 Å². The Balaban J connectivity index is 2.50. The van der Waals surface area contributed by atoms with Crippen molar-refractivity contribution in [3.63, 3.8) is 0 Å². The monoisotopic (exact) mass is 288 g/mol. The van der Waals surface area contributed by atoms with Crippen molar-refractivity contribution in [1.29, 1.82) is 0 Å². The van der Waals surface area contributed by atoms with Crippen molar-refractivity contribution in [1.82, 2.24) is 10.2 Å². The summed E-state index contributed by atoms with van der Waals surface area (Å²) in [6.45, 7) is 7.02. The van der Waals surface area contributed by atoms with Gasteiger partial charge in [0, 0.05) is 19.1 Å². The number of halogens is 1. The molecule has 0 aromatic rings. The van der Waals surface area contributed by atoms with Crippen molar-refractivity contribution >= 4 is 23.4 Å². The van der Waals surface area contributed by atoms with Crippen LogP contribution in [0.1, 0.15) is 46.5 Å². The molecule has 3 unspecified atom stereocenters. The summed E-state index contributed by atoms with van der Waals surface area (Å²) in [6.07, 6.45) is 3.76. The van der Waals surface area contributed by atoms with E-state index in [4.69, 9.17) is 11.6 Å². The van der Waals surface area contributed by atoms with Gasteiger partial charge in [-0.3, -0.25) is 9.59 Å². The van der Waals surface area contributed by atoms with Crippen molar-refractivity contribution in [2.24, 2.45) is 5.92 Å². The molecular weight excluding hydrogens is 264 g/mol. The standard InChI is InChI=1S/C14H25ClN2O2/c1-4-6-10(2)16-13(18)12-7-5-8-17(9-12)14(19)11(3)15/h10-12H,4-9H2,1-3H3,(H,16,18). The summed E-state index contributed by atoms with van der Waals surface area (Å²) in [5.41, 5.74) is 0. The molecule has 0 aromatic carbocycles. The van der Waals surface area contributed by atoms with E-state index in [1.165, 1.54) is 0 Å². The van der Waals surface area contributed by atoms with Gasteiger partial charge in [-0.2, -0.15) is 0 Å². The summed E-state index contributed by atoms with van der Waals surface area (Å²) < 4.78 is 0. The third-order valence-corrected chi connectivity index (χ3v) is 3.74. The minimum atomic E-state index is -0.513. The van der Waals surface area contributed by atoms with Crippen LogP contribution in [0.4, 0.5) is 0 Å². The van der Waals surface area contributed by atoms with Crippen LogP contribution in [0.2, 0.25) is 0 Å². The number of hydrogen-bond donors (Lipinski definition) is 1. The fourth-order valence-corrected chi connectivity index (χ4v) is 2.65. The van der Waals surface area contributed by atoms with E-state index in [0.29, 0.717) is 13.1 Å². The fraction of sp³-hybridized carbons (Fsp3) is 0.857. The van der Waals surface area contributed by atoms with E-state index < -0.39 is 5.38 Å². The molecule has 0 aliphatic carbocycles. The first-order valence-corrected chi connectivity index (χ1v) is 7.62. The van der Waals surface area contributed by atoms with Crippen LogP contribution in [-0.4, -0.2) is 41.2 Å². The Kier molecular flexibility index (Phi) is 6.63. The van der Waals surface area contributed by atoms with Crippen LogP contribution in [0.15, 0.2) is 0 Å². The van der Waals surface area contributed by atoms with Crippen LogP contribution in [0.3, 0.4) is 0 Å². The molecule has 5 heteroatoms. The van der Waals surface area contributed by atoms with E-state index in [0.717, 1.165) is 25.7 Å². The number of nitrogens with one attached hydrogen (secondary N) is 1. The maximum atomic E-state index is 12.1. The average Bonchev–Trinajstić information content (AvgIpc) is 2.38. The highest BCUT2D eigenvalue weighted by molar-refractivity contribution is 6.30. The summed E-state index contributed by atoms with van der Waals surface area (Å²) in [4.78, 5) is 25.7. The van der Waals surface area contributed by atoms with Crippen molar-refractivity contribution in [2.45, 2.75) is 57.9 Å². The molecule has 4 nitrogen and oxygen atoms in total. The van der Waals surface area contributed by atoms with Gasteiger partial charge in [0.2, 0.25) is 11.8 Å². The molecule has 0 radical (unpaired) electrons. The topological polar surface area (TPSA) is 49.4 Å². The Morgan fingerprint density at radius 2 is 2.11 bits per heavy atom. The van der Waals surface area contributed by atoms with Gasteiger partial charge in [0.15, 0.2) is 0 Å². The molecule has 1 saturated heterocycles. The van der Waals surface area contributed by atoms with Crippen LogP contribution in [0.25, 0.3) is 0 Å². The van der Waals surface area contributed by atoms with E-state index in [-0.39, 0.29) is 23.8 Å². The number of rotatable bonds is 5. The second-order valence-corrected chi connectivity index (χ2v) is 6.09. The quantitative estimate of drug-likeness (QED) is 0.788. The molecule has 110 valence electrons. The lowest BCUT2D eigenvalue weighted by Gasteiger charge is -2.33. The number of alkyl halides is 1. The molecule has 1 fully saturated rings. The van der Waals surface area contributed by atoms with Gasteiger partial charge >= 0.3 is 0 Å². The number of carbonyl (C=O) groups excluding carboxylic acids is 2. The first kappa shape index (κ1) is 16.3. The van der Waals surface area contributed by atoms with Crippen LogP contribution >= 0.6 is 11.6 Å². The summed E-state index contributed by atoms with van der Waals surface area (Å²) in [6, 6.07) is 0.204. The Hall–Kier alpha value is -0.770. The van der Waals surface area contributed by atoms with Gasteiger partial charge in [0.05, 0.1) is 5.92 Å². The molecule has 19 heavy (non-hydrogen) atoms. The average molecular weight is 289 g/mol. The van der Waals surface area contributed by atoms with E-state index in [2.05, 4.69) is 12.2 Å². The molecule has 1 heterocycles. The van der Waals surface area contributed by atoms with Crippen molar-refractivity contribution in [3.05, 3.63) is 0 Å². The lowest BCUT2D eigenvalue weighted by atomic mass is 9.96. The van der Waals surface area contributed by atoms with Gasteiger partial charge in [-0.1, -0.05) is 13.3 Å². The Morgan fingerprint density at radius 1 is 1.42 bits per heavy atom. The Bertz CT molecular complexity index is 321. The maximum Gasteiger partial charge on any atom is 0.240 e. The second kappa shape index (κ2) is 7.73. The molecule has 1 aliphatic rings. The zero-order valence-corrected chi connectivity index (χ0v) is 12.9. The highest BCUT2D eigenvalue weighted by atomic mass is 35.5. The molecule has 1 N–H and O–H groups in total. The third-order valence-electron chi connectivity index (χ3n) is 3.55. The van der Waals surface area contributed by atoms with Gasteiger partial charge in [-0.25, -0.2) is 0 Å². The zero-order chi connectivity index (χ0) is 14.4. The van der Waals surface area contributed by atoms with Crippen LogP contribution in [0.5, 0.6) is 0 Å². The minimum Gasteiger partial charge on any atom is -0.353 e. The van der Waals surface area contributed by atoms with E-state index >= 15 is 0 Å². The van der Waals surface area contributed by atoms with E-state index in [1.54, 1.807) is 11.8 Å². The normalized spacial score (nSPS) is 22.7. The largest absolute Gasteiger partial charge is 0.353 e. The maximum absolute atomic E-state index is 12.1. The first-order chi connectivity index (χ1) is 8.95. The number of piperidine rings is 1. The number of hydrogen-bond acceptors (Lipinski definition) is 2. The minimum absolute atomic E-state index is 0.0687. The highest BCUT2D eigenvalue weighted by Gasteiger charge is 2.30. The third kappa shape index (κ3) is 5.01. The summed E-state index contributed by atoms with van der Waals surface area (Å²) >= 11 is 5.82. The molecule has 1 rings (SSSR count). The molecule has 3 atom stereocenters. The van der Waals surface area contributed by atoms with E-state index in [1.807, 2.05) is 6.92 Å². The van der Waals surface area contributed by atoms with Gasteiger partial charge in [0.1, 0.15) is 5.38 Å². The fourth-order valence-electron chi connectivity index (χ4n) is 2.51. The molecule has 0 bridgehead atoms. The van der Waals surface area contributed by atoms with E-state index in [9.17, 15) is 9.59 Å². The SMILES string of the molecule is CCCC(C)NC(=O)C1CCCN(C(=O)C(C)Cl)C1. The second-order valence-electron chi connectivity index (χ2n) is 5.44. The van der Waals surface area contributed by atoms with Crippen molar-refractivity contribution in [3.8, 4) is 0 Å².